The topological polar surface area (TPSA) is 21.3 Å². The van der Waals surface area contributed by atoms with Crippen LogP contribution in [0.25, 0.3) is 0 Å². The molecule has 2 nitrogen and oxygen atoms in total. The minimum absolute atomic E-state index is 0.246. The quantitative estimate of drug-likeness (QED) is 0.909. The number of fused-ring (bicyclic) bond motifs is 1. The summed E-state index contributed by atoms with van der Waals surface area (Å²) in [5.74, 6) is 0.246. The first-order valence-electron chi connectivity index (χ1n) is 7.05. The maximum atomic E-state index is 12.4. The van der Waals surface area contributed by atoms with E-state index in [4.69, 9.17) is 0 Å². The molecule has 0 aromatic heterocycles. The van der Waals surface area contributed by atoms with Gasteiger partial charge in [0.15, 0.2) is 0 Å². The summed E-state index contributed by atoms with van der Waals surface area (Å²) in [7, 11) is 0. The number of halogens is 2. The highest BCUT2D eigenvalue weighted by atomic mass is 19.3. The zero-order valence-electron chi connectivity index (χ0n) is 11.6. The van der Waals surface area contributed by atoms with Crippen LogP contribution in [0, 0.1) is 0 Å². The molecule has 0 atom stereocenters. The molecule has 1 N–H and O–H groups in total. The normalized spacial score (nSPS) is 14.4. The Hall–Kier alpha value is -1.94. The van der Waals surface area contributed by atoms with Crippen molar-refractivity contribution >= 4 is 0 Å². The van der Waals surface area contributed by atoms with Gasteiger partial charge in [0.05, 0.1) is 0 Å². The van der Waals surface area contributed by atoms with Crippen LogP contribution in [0.15, 0.2) is 48.5 Å². The Balaban J connectivity index is 1.62. The van der Waals surface area contributed by atoms with E-state index in [9.17, 15) is 8.78 Å². The number of hydrogen-bond donors (Lipinski definition) is 1. The van der Waals surface area contributed by atoms with Crippen molar-refractivity contribution in [3.05, 3.63) is 65.2 Å². The summed E-state index contributed by atoms with van der Waals surface area (Å²) in [6, 6.07) is 15.7. The maximum absolute atomic E-state index is 12.4. The van der Waals surface area contributed by atoms with Gasteiger partial charge in [-0.05, 0) is 30.0 Å². The van der Waals surface area contributed by atoms with E-state index in [0.717, 1.165) is 18.4 Å². The molecule has 21 heavy (non-hydrogen) atoms. The number of alkyl halides is 2. The number of ether oxygens (including phenoxy) is 1. The lowest BCUT2D eigenvalue weighted by Gasteiger charge is -2.15. The molecule has 4 heteroatoms. The number of hydrogen-bond acceptors (Lipinski definition) is 2. The van der Waals surface area contributed by atoms with E-state index in [-0.39, 0.29) is 5.75 Å². The van der Waals surface area contributed by atoms with Gasteiger partial charge in [-0.1, -0.05) is 42.5 Å². The molecule has 0 heterocycles. The van der Waals surface area contributed by atoms with E-state index in [1.54, 1.807) is 12.1 Å². The lowest BCUT2D eigenvalue weighted by atomic mass is 10.1. The van der Waals surface area contributed by atoms with Crippen molar-refractivity contribution < 1.29 is 13.5 Å². The summed E-state index contributed by atoms with van der Waals surface area (Å²) >= 11 is 0. The smallest absolute Gasteiger partial charge is 0.387 e. The van der Waals surface area contributed by atoms with E-state index in [2.05, 4.69) is 22.2 Å². The highest BCUT2D eigenvalue weighted by Gasteiger charge is 2.20. The van der Waals surface area contributed by atoms with Crippen molar-refractivity contribution in [1.82, 2.24) is 5.32 Å². The number of benzene rings is 2. The van der Waals surface area contributed by atoms with E-state index < -0.39 is 6.61 Å². The Bertz CT molecular complexity index is 590. The summed E-state index contributed by atoms with van der Waals surface area (Å²) in [5, 5.41) is 3.43. The third-order valence-electron chi connectivity index (χ3n) is 3.82. The van der Waals surface area contributed by atoms with Gasteiger partial charge in [-0.25, -0.2) is 0 Å². The van der Waals surface area contributed by atoms with Crippen molar-refractivity contribution in [2.24, 2.45) is 0 Å². The van der Waals surface area contributed by atoms with Gasteiger partial charge < -0.3 is 10.1 Å². The first-order valence-corrected chi connectivity index (χ1v) is 7.05. The fourth-order valence-corrected chi connectivity index (χ4v) is 2.82. The van der Waals surface area contributed by atoms with Gasteiger partial charge in [-0.3, -0.25) is 0 Å². The molecule has 0 aliphatic heterocycles. The summed E-state index contributed by atoms with van der Waals surface area (Å²) in [6.45, 7) is -2.26. The third-order valence-corrected chi connectivity index (χ3v) is 3.82. The molecular weight excluding hydrogens is 272 g/mol. The van der Waals surface area contributed by atoms with Crippen LogP contribution in [0.1, 0.15) is 16.7 Å². The van der Waals surface area contributed by atoms with E-state index in [1.807, 2.05) is 24.3 Å². The van der Waals surface area contributed by atoms with Gasteiger partial charge >= 0.3 is 6.61 Å². The van der Waals surface area contributed by atoms with Crippen LogP contribution in [-0.2, 0) is 19.4 Å². The molecule has 0 saturated carbocycles. The molecule has 0 amide bonds. The largest absolute Gasteiger partial charge is 0.434 e. The molecule has 3 rings (SSSR count). The molecule has 110 valence electrons. The van der Waals surface area contributed by atoms with Crippen LogP contribution in [0.2, 0.25) is 0 Å². The van der Waals surface area contributed by atoms with Crippen LogP contribution < -0.4 is 10.1 Å². The minimum Gasteiger partial charge on any atom is -0.434 e. The second-order valence-corrected chi connectivity index (χ2v) is 5.24. The first-order chi connectivity index (χ1) is 10.2. The lowest BCUT2D eigenvalue weighted by molar-refractivity contribution is -0.0505. The van der Waals surface area contributed by atoms with Crippen molar-refractivity contribution in [1.29, 1.82) is 0 Å². The van der Waals surface area contributed by atoms with Crippen molar-refractivity contribution in [2.75, 3.05) is 0 Å². The predicted molar refractivity (Wildman–Crippen MR) is 77.6 cm³/mol. The van der Waals surface area contributed by atoms with Gasteiger partial charge in [-0.15, -0.1) is 0 Å². The van der Waals surface area contributed by atoms with Gasteiger partial charge in [-0.2, -0.15) is 8.78 Å². The number of rotatable bonds is 5. The summed E-state index contributed by atoms with van der Waals surface area (Å²) in [5.41, 5.74) is 3.49. The highest BCUT2D eigenvalue weighted by molar-refractivity contribution is 5.35. The molecule has 2 aromatic rings. The second kappa shape index (κ2) is 6.22. The fourth-order valence-electron chi connectivity index (χ4n) is 2.82. The van der Waals surface area contributed by atoms with E-state index in [1.165, 1.54) is 11.1 Å². The standard InChI is InChI=1S/C17H17F2NO/c18-17(19)21-16-8-4-3-7-14(16)11-20-15-9-12-5-1-2-6-13(12)10-15/h1-8,15,17,20H,9-11H2. The Labute approximate surface area is 122 Å². The first kappa shape index (κ1) is 14.0. The Morgan fingerprint density at radius 2 is 1.62 bits per heavy atom. The third kappa shape index (κ3) is 3.39. The van der Waals surface area contributed by atoms with Crippen LogP contribution in [0.3, 0.4) is 0 Å². The highest BCUT2D eigenvalue weighted by Crippen LogP contribution is 2.24. The Morgan fingerprint density at radius 1 is 1.00 bits per heavy atom. The van der Waals surface area contributed by atoms with Crippen molar-refractivity contribution in [3.8, 4) is 5.75 Å². The van der Waals surface area contributed by atoms with Crippen molar-refractivity contribution in [3.63, 3.8) is 0 Å². The predicted octanol–water partition coefficient (Wildman–Crippen LogP) is 3.55. The molecular formula is C17H17F2NO. The average molecular weight is 289 g/mol. The lowest BCUT2D eigenvalue weighted by Crippen LogP contribution is -2.29. The Kier molecular flexibility index (Phi) is 4.15. The molecule has 0 saturated heterocycles. The molecule has 0 bridgehead atoms. The fraction of sp³-hybridized carbons (Fsp3) is 0.294. The van der Waals surface area contributed by atoms with Gasteiger partial charge in [0, 0.05) is 18.2 Å². The van der Waals surface area contributed by atoms with Gasteiger partial charge in [0.1, 0.15) is 5.75 Å². The zero-order valence-corrected chi connectivity index (χ0v) is 11.6. The molecule has 1 aliphatic carbocycles. The zero-order chi connectivity index (χ0) is 14.7. The number of para-hydroxylation sites is 1. The molecule has 0 radical (unpaired) electrons. The molecule has 2 aromatic carbocycles. The Morgan fingerprint density at radius 3 is 2.29 bits per heavy atom. The van der Waals surface area contributed by atoms with E-state index >= 15 is 0 Å². The van der Waals surface area contributed by atoms with Gasteiger partial charge in [0.2, 0.25) is 0 Å². The molecule has 0 unspecified atom stereocenters. The average Bonchev–Trinajstić information content (AvgIpc) is 2.88. The second-order valence-electron chi connectivity index (χ2n) is 5.24. The van der Waals surface area contributed by atoms with E-state index in [0.29, 0.717) is 12.6 Å². The summed E-state index contributed by atoms with van der Waals surface area (Å²) in [4.78, 5) is 0. The van der Waals surface area contributed by atoms with Crippen LogP contribution in [0.4, 0.5) is 8.78 Å². The summed E-state index contributed by atoms with van der Waals surface area (Å²) in [6.07, 6.45) is 1.96. The van der Waals surface area contributed by atoms with Gasteiger partial charge in [0.25, 0.3) is 0 Å². The van der Waals surface area contributed by atoms with Crippen LogP contribution in [-0.4, -0.2) is 12.7 Å². The van der Waals surface area contributed by atoms with Crippen LogP contribution in [0.5, 0.6) is 5.75 Å². The minimum atomic E-state index is -2.79. The molecule has 0 fully saturated rings. The monoisotopic (exact) mass is 289 g/mol. The van der Waals surface area contributed by atoms with Crippen LogP contribution >= 0.6 is 0 Å². The molecule has 1 aliphatic rings. The SMILES string of the molecule is FC(F)Oc1ccccc1CNC1Cc2ccccc2C1. The number of nitrogens with one attached hydrogen (secondary N) is 1. The molecule has 0 spiro atoms. The summed E-state index contributed by atoms with van der Waals surface area (Å²) < 4.78 is 29.3. The maximum Gasteiger partial charge on any atom is 0.387 e. The van der Waals surface area contributed by atoms with Crippen molar-refractivity contribution in [2.45, 2.75) is 32.0 Å².